The van der Waals surface area contributed by atoms with Crippen LogP contribution in [-0.2, 0) is 13.1 Å². The molecular formula is C27H48N3O8+. The quantitative estimate of drug-likeness (QED) is 0.0899. The Kier molecular flexibility index (Phi) is 13.9. The van der Waals surface area contributed by atoms with Crippen LogP contribution in [0.3, 0.4) is 0 Å². The van der Waals surface area contributed by atoms with Gasteiger partial charge in [0.1, 0.15) is 11.9 Å². The Hall–Kier alpha value is -1.83. The van der Waals surface area contributed by atoms with E-state index in [0.29, 0.717) is 19.6 Å². The molecule has 0 aliphatic rings. The van der Waals surface area contributed by atoms with Gasteiger partial charge in [0.05, 0.1) is 44.1 Å². The van der Waals surface area contributed by atoms with Gasteiger partial charge in [-0.15, -0.1) is 0 Å². The standard InChI is InChI=1S/C27H48N3O8/c1-4-29-19(3)30(5-2)24-16-22(7-8-23(24)29)38-14-6-11-28(17-21(34)15-20(33)9-12-31)18-26(36)27(37)25(35)10-13-32/h7-8,16,20-21,25-27,31-37H,4-6,9-15,17-18H2,1-3H3/q+1/t20-,21?,25?,26?,27?/m1/s1. The van der Waals surface area contributed by atoms with Gasteiger partial charge in [-0.1, -0.05) is 0 Å². The van der Waals surface area contributed by atoms with Crippen LogP contribution in [0.1, 0.15) is 45.4 Å². The van der Waals surface area contributed by atoms with Gasteiger partial charge in [-0.3, -0.25) is 4.90 Å². The number of aromatic nitrogens is 2. The summed E-state index contributed by atoms with van der Waals surface area (Å²) in [6, 6.07) is 6.04. The van der Waals surface area contributed by atoms with E-state index >= 15 is 0 Å². The van der Waals surface area contributed by atoms with Crippen molar-refractivity contribution in [1.82, 2.24) is 9.47 Å². The number of benzene rings is 1. The molecule has 0 aliphatic heterocycles. The van der Waals surface area contributed by atoms with Gasteiger partial charge < -0.3 is 40.5 Å². The lowest BCUT2D eigenvalue weighted by molar-refractivity contribution is -0.674. The Morgan fingerprint density at radius 3 is 2.29 bits per heavy atom. The average molecular weight is 543 g/mol. The first-order valence-corrected chi connectivity index (χ1v) is 13.7. The van der Waals surface area contributed by atoms with Crippen molar-refractivity contribution < 1.29 is 45.0 Å². The molecule has 2 aromatic rings. The minimum atomic E-state index is -1.45. The third-order valence-corrected chi connectivity index (χ3v) is 6.96. The zero-order chi connectivity index (χ0) is 28.2. The van der Waals surface area contributed by atoms with E-state index in [9.17, 15) is 25.5 Å². The van der Waals surface area contributed by atoms with Crippen LogP contribution in [0, 0.1) is 6.92 Å². The third kappa shape index (κ3) is 9.13. The highest BCUT2D eigenvalue weighted by Gasteiger charge is 2.27. The third-order valence-electron chi connectivity index (χ3n) is 6.96. The minimum absolute atomic E-state index is 0.0247. The van der Waals surface area contributed by atoms with Crippen molar-refractivity contribution in [3.63, 3.8) is 0 Å². The van der Waals surface area contributed by atoms with Gasteiger partial charge in [-0.05, 0) is 45.2 Å². The molecule has 38 heavy (non-hydrogen) atoms. The summed E-state index contributed by atoms with van der Waals surface area (Å²) in [5, 5.41) is 68.9. The molecule has 7 N–H and O–H groups in total. The van der Waals surface area contributed by atoms with Crippen LogP contribution in [0.2, 0.25) is 0 Å². The molecule has 1 aromatic carbocycles. The van der Waals surface area contributed by atoms with E-state index in [1.807, 2.05) is 12.1 Å². The highest BCUT2D eigenvalue weighted by atomic mass is 16.5. The lowest BCUT2D eigenvalue weighted by Gasteiger charge is -2.31. The van der Waals surface area contributed by atoms with Crippen molar-refractivity contribution in [2.75, 3.05) is 39.5 Å². The van der Waals surface area contributed by atoms with Crippen molar-refractivity contribution in [3.8, 4) is 5.75 Å². The van der Waals surface area contributed by atoms with Crippen LogP contribution in [0.4, 0.5) is 0 Å². The summed E-state index contributed by atoms with van der Waals surface area (Å²) in [6.45, 7) is 8.47. The second-order valence-electron chi connectivity index (χ2n) is 9.84. The molecule has 0 fully saturated rings. The number of aliphatic hydroxyl groups is 7. The zero-order valence-corrected chi connectivity index (χ0v) is 23.0. The van der Waals surface area contributed by atoms with E-state index in [-0.39, 0.29) is 45.6 Å². The van der Waals surface area contributed by atoms with Crippen molar-refractivity contribution in [2.24, 2.45) is 0 Å². The topological polar surface area (TPSA) is 163 Å². The summed E-state index contributed by atoms with van der Waals surface area (Å²) >= 11 is 0. The number of aliphatic hydroxyl groups excluding tert-OH is 7. The molecule has 0 saturated carbocycles. The van der Waals surface area contributed by atoms with Gasteiger partial charge in [0.25, 0.3) is 5.82 Å². The first kappa shape index (κ1) is 32.4. The maximum absolute atomic E-state index is 10.5. The van der Waals surface area contributed by atoms with Crippen LogP contribution in [0.25, 0.3) is 11.0 Å². The first-order chi connectivity index (χ1) is 18.2. The highest BCUT2D eigenvalue weighted by molar-refractivity contribution is 5.74. The Labute approximate surface area is 225 Å². The lowest BCUT2D eigenvalue weighted by atomic mass is 10.0. The molecule has 218 valence electrons. The smallest absolute Gasteiger partial charge is 0.254 e. The maximum Gasteiger partial charge on any atom is 0.254 e. The molecule has 2 rings (SSSR count). The summed E-state index contributed by atoms with van der Waals surface area (Å²) in [4.78, 5) is 1.75. The molecule has 0 radical (unpaired) electrons. The van der Waals surface area contributed by atoms with Crippen LogP contribution in [0.15, 0.2) is 18.2 Å². The first-order valence-electron chi connectivity index (χ1n) is 13.7. The number of imidazole rings is 1. The Balaban J connectivity index is 2.01. The number of rotatable bonds is 19. The van der Waals surface area contributed by atoms with Crippen LogP contribution >= 0.6 is 0 Å². The number of nitrogens with zero attached hydrogens (tertiary/aromatic N) is 3. The number of aryl methyl sites for hydroxylation is 2. The van der Waals surface area contributed by atoms with E-state index in [1.54, 1.807) is 4.90 Å². The van der Waals surface area contributed by atoms with Crippen LogP contribution in [-0.4, -0.2) is 115 Å². The molecule has 11 heteroatoms. The number of hydrogen-bond acceptors (Lipinski definition) is 9. The Morgan fingerprint density at radius 2 is 1.66 bits per heavy atom. The normalized spacial score (nSPS) is 16.1. The van der Waals surface area contributed by atoms with E-state index in [1.165, 1.54) is 5.82 Å². The molecule has 5 atom stereocenters. The zero-order valence-electron chi connectivity index (χ0n) is 23.0. The number of hydrogen-bond donors (Lipinski definition) is 7. The molecule has 0 aliphatic carbocycles. The van der Waals surface area contributed by atoms with Crippen LogP contribution in [0.5, 0.6) is 5.75 Å². The van der Waals surface area contributed by atoms with Gasteiger partial charge in [0.2, 0.25) is 0 Å². The molecule has 0 spiro atoms. The number of fused-ring (bicyclic) bond motifs is 1. The SMILES string of the molecule is CCn1c(C)[n+](CC)c2ccc(OCCCN(CC(O)C[C@H](O)CCO)CC(O)C(O)C(O)CCO)cc21. The molecule has 0 amide bonds. The predicted octanol–water partition coefficient (Wildman–Crippen LogP) is -0.693. The van der Waals surface area contributed by atoms with Crippen molar-refractivity contribution in [3.05, 3.63) is 24.0 Å². The summed E-state index contributed by atoms with van der Waals surface area (Å²) < 4.78 is 10.5. The van der Waals surface area contributed by atoms with E-state index in [0.717, 1.165) is 29.9 Å². The summed E-state index contributed by atoms with van der Waals surface area (Å²) in [6.07, 6.45) is -5.07. The summed E-state index contributed by atoms with van der Waals surface area (Å²) in [7, 11) is 0. The number of ether oxygens (including phenoxy) is 1. The minimum Gasteiger partial charge on any atom is -0.493 e. The fourth-order valence-electron chi connectivity index (χ4n) is 4.95. The Morgan fingerprint density at radius 1 is 0.947 bits per heavy atom. The Bertz CT molecular complexity index is 956. The van der Waals surface area contributed by atoms with Gasteiger partial charge in [0.15, 0.2) is 11.0 Å². The van der Waals surface area contributed by atoms with Gasteiger partial charge >= 0.3 is 0 Å². The summed E-state index contributed by atoms with van der Waals surface area (Å²) in [5.74, 6) is 1.93. The molecule has 0 saturated heterocycles. The van der Waals surface area contributed by atoms with Crippen molar-refractivity contribution in [1.29, 1.82) is 0 Å². The highest BCUT2D eigenvalue weighted by Crippen LogP contribution is 2.21. The molecule has 1 heterocycles. The predicted molar refractivity (Wildman–Crippen MR) is 143 cm³/mol. The average Bonchev–Trinajstić information content (AvgIpc) is 3.15. The van der Waals surface area contributed by atoms with Gasteiger partial charge in [-0.2, -0.15) is 0 Å². The van der Waals surface area contributed by atoms with Crippen molar-refractivity contribution in [2.45, 2.75) is 90.1 Å². The monoisotopic (exact) mass is 542 g/mol. The lowest BCUT2D eigenvalue weighted by Crippen LogP contribution is -2.47. The van der Waals surface area contributed by atoms with Gasteiger partial charge in [-0.25, -0.2) is 9.13 Å². The molecule has 1 aromatic heterocycles. The van der Waals surface area contributed by atoms with Crippen LogP contribution < -0.4 is 9.30 Å². The van der Waals surface area contributed by atoms with E-state index in [2.05, 4.69) is 36.0 Å². The van der Waals surface area contributed by atoms with E-state index < -0.39 is 30.5 Å². The fourth-order valence-corrected chi connectivity index (χ4v) is 4.95. The largest absolute Gasteiger partial charge is 0.493 e. The second kappa shape index (κ2) is 16.3. The van der Waals surface area contributed by atoms with Crippen molar-refractivity contribution >= 4 is 11.0 Å². The maximum atomic E-state index is 10.5. The molecule has 4 unspecified atom stereocenters. The fraction of sp³-hybridized carbons (Fsp3) is 0.741. The summed E-state index contributed by atoms with van der Waals surface area (Å²) in [5.41, 5.74) is 2.26. The molecule has 11 nitrogen and oxygen atoms in total. The second-order valence-corrected chi connectivity index (χ2v) is 9.84. The van der Waals surface area contributed by atoms with E-state index in [4.69, 9.17) is 14.9 Å². The molecular weight excluding hydrogens is 494 g/mol. The van der Waals surface area contributed by atoms with Gasteiger partial charge in [0, 0.05) is 52.3 Å². The molecule has 0 bridgehead atoms.